The summed E-state index contributed by atoms with van der Waals surface area (Å²) >= 11 is 0. The van der Waals surface area contributed by atoms with Crippen molar-refractivity contribution in [1.29, 1.82) is 0 Å². The average molecular weight is 337 g/mol. The summed E-state index contributed by atoms with van der Waals surface area (Å²) in [4.78, 5) is 23.7. The summed E-state index contributed by atoms with van der Waals surface area (Å²) in [6.45, 7) is 7.53. The maximum atomic E-state index is 12.4. The summed E-state index contributed by atoms with van der Waals surface area (Å²) < 4.78 is 10.3. The van der Waals surface area contributed by atoms with E-state index in [1.54, 1.807) is 0 Å². The van der Waals surface area contributed by atoms with Gasteiger partial charge in [0.25, 0.3) is 0 Å². The first-order valence-corrected chi connectivity index (χ1v) is 8.34. The minimum atomic E-state index is -0.604. The number of oxime groups is 1. The van der Waals surface area contributed by atoms with Crippen LogP contribution in [0.1, 0.15) is 53.4 Å². The molecule has 0 amide bonds. The monoisotopic (exact) mass is 337 g/mol. The molecule has 6 nitrogen and oxygen atoms in total. The van der Waals surface area contributed by atoms with E-state index >= 15 is 0 Å². The Balaban J connectivity index is 2.51. The summed E-state index contributed by atoms with van der Waals surface area (Å²) in [5, 5.41) is 13.0. The molecule has 0 aromatic carbocycles. The third-order valence-electron chi connectivity index (χ3n) is 5.97. The van der Waals surface area contributed by atoms with Crippen molar-refractivity contribution >= 4 is 17.7 Å². The third kappa shape index (κ3) is 2.82. The Morgan fingerprint density at radius 2 is 2.00 bits per heavy atom. The predicted molar refractivity (Wildman–Crippen MR) is 88.7 cm³/mol. The van der Waals surface area contributed by atoms with Crippen LogP contribution < -0.4 is 0 Å². The van der Waals surface area contributed by atoms with Crippen LogP contribution in [-0.4, -0.2) is 36.6 Å². The van der Waals surface area contributed by atoms with E-state index in [-0.39, 0.29) is 24.5 Å². The first-order chi connectivity index (χ1) is 11.2. The van der Waals surface area contributed by atoms with E-state index < -0.39 is 10.8 Å². The second-order valence-corrected chi connectivity index (χ2v) is 7.40. The normalized spacial score (nSPS) is 34.7. The van der Waals surface area contributed by atoms with Gasteiger partial charge in [0.2, 0.25) is 0 Å². The molecule has 0 aromatic heterocycles. The first-order valence-electron chi connectivity index (χ1n) is 8.34. The van der Waals surface area contributed by atoms with Crippen molar-refractivity contribution < 1.29 is 24.3 Å². The van der Waals surface area contributed by atoms with E-state index in [0.29, 0.717) is 18.6 Å². The Morgan fingerprint density at radius 1 is 1.33 bits per heavy atom. The lowest BCUT2D eigenvalue weighted by Crippen LogP contribution is -2.54. The second-order valence-electron chi connectivity index (χ2n) is 7.40. The summed E-state index contributed by atoms with van der Waals surface area (Å²) in [5.41, 5.74) is 1.42. The van der Waals surface area contributed by atoms with Gasteiger partial charge in [-0.15, -0.1) is 0 Å². The molecule has 2 aliphatic carbocycles. The van der Waals surface area contributed by atoms with Gasteiger partial charge in [-0.25, -0.2) is 4.79 Å². The minimum Gasteiger partial charge on any atom is -0.466 e. The number of ether oxygens (including phenoxy) is 2. The number of fused-ring (bicyclic) bond motifs is 1. The fourth-order valence-corrected chi connectivity index (χ4v) is 4.76. The lowest BCUT2D eigenvalue weighted by molar-refractivity contribution is -0.147. The molecule has 1 N–H and O–H groups in total. The molecule has 3 atom stereocenters. The van der Waals surface area contributed by atoms with Gasteiger partial charge in [-0.05, 0) is 38.5 Å². The maximum absolute atomic E-state index is 12.4. The van der Waals surface area contributed by atoms with Gasteiger partial charge < -0.3 is 14.7 Å². The highest BCUT2D eigenvalue weighted by Crippen LogP contribution is 2.59. The van der Waals surface area contributed by atoms with Crippen LogP contribution in [0.4, 0.5) is 0 Å². The van der Waals surface area contributed by atoms with E-state index in [1.165, 1.54) is 14.0 Å². The van der Waals surface area contributed by atoms with E-state index in [9.17, 15) is 14.8 Å². The molecule has 0 heterocycles. The molecule has 0 spiro atoms. The molecule has 0 saturated heterocycles. The van der Waals surface area contributed by atoms with Gasteiger partial charge in [-0.1, -0.05) is 24.6 Å². The van der Waals surface area contributed by atoms with Gasteiger partial charge in [0.05, 0.1) is 12.8 Å². The Morgan fingerprint density at radius 3 is 2.54 bits per heavy atom. The van der Waals surface area contributed by atoms with Gasteiger partial charge in [-0.2, -0.15) is 0 Å². The highest BCUT2D eigenvalue weighted by Gasteiger charge is 2.57. The van der Waals surface area contributed by atoms with Crippen molar-refractivity contribution in [3.05, 3.63) is 11.1 Å². The van der Waals surface area contributed by atoms with E-state index in [0.717, 1.165) is 24.0 Å². The molecule has 0 radical (unpaired) electrons. The zero-order valence-corrected chi connectivity index (χ0v) is 15.1. The highest BCUT2D eigenvalue weighted by molar-refractivity contribution is 5.95. The summed E-state index contributed by atoms with van der Waals surface area (Å²) in [7, 11) is 1.40. The molecule has 0 aromatic rings. The van der Waals surface area contributed by atoms with Crippen molar-refractivity contribution in [2.45, 2.75) is 53.4 Å². The van der Waals surface area contributed by atoms with Gasteiger partial charge in [0.1, 0.15) is 6.61 Å². The van der Waals surface area contributed by atoms with E-state index in [2.05, 4.69) is 12.1 Å². The largest absolute Gasteiger partial charge is 0.466 e. The number of allylic oxidation sites excluding steroid dienone is 1. The number of methoxy groups -OCH3 is 1. The first kappa shape index (κ1) is 18.5. The van der Waals surface area contributed by atoms with Crippen LogP contribution in [0, 0.1) is 16.7 Å². The van der Waals surface area contributed by atoms with Crippen LogP contribution in [-0.2, 0) is 19.1 Å². The van der Waals surface area contributed by atoms with Crippen LogP contribution in [0.2, 0.25) is 0 Å². The number of carbonyl (C=O) groups is 2. The molecule has 2 rings (SSSR count). The van der Waals surface area contributed by atoms with Gasteiger partial charge >= 0.3 is 11.9 Å². The fraction of sp³-hybridized carbons (Fsp3) is 0.722. The third-order valence-corrected chi connectivity index (χ3v) is 5.97. The number of nitrogens with zero attached hydrogens (tertiary/aromatic N) is 1. The molecule has 1 saturated carbocycles. The second kappa shape index (κ2) is 6.57. The zero-order chi connectivity index (χ0) is 18.1. The number of carbonyl (C=O) groups excluding carboxylic acids is 2. The molecule has 1 fully saturated rings. The molecule has 0 aliphatic heterocycles. The van der Waals surface area contributed by atoms with Gasteiger partial charge in [-0.3, -0.25) is 4.79 Å². The van der Waals surface area contributed by atoms with Crippen molar-refractivity contribution in [3.63, 3.8) is 0 Å². The fourth-order valence-electron chi connectivity index (χ4n) is 4.76. The summed E-state index contributed by atoms with van der Waals surface area (Å²) in [5.74, 6) is -0.628. The van der Waals surface area contributed by atoms with Crippen molar-refractivity contribution in [2.24, 2.45) is 21.9 Å². The van der Waals surface area contributed by atoms with Crippen LogP contribution in [0.3, 0.4) is 0 Å². The lowest BCUT2D eigenvalue weighted by atomic mass is 9.49. The van der Waals surface area contributed by atoms with Crippen molar-refractivity contribution in [3.8, 4) is 0 Å². The van der Waals surface area contributed by atoms with Crippen LogP contribution in [0.25, 0.3) is 0 Å². The van der Waals surface area contributed by atoms with E-state index in [1.807, 2.05) is 13.8 Å². The molecular weight excluding hydrogens is 310 g/mol. The molecular formula is C18H27NO5. The average Bonchev–Trinajstić information content (AvgIpc) is 2.52. The Labute approximate surface area is 142 Å². The van der Waals surface area contributed by atoms with Crippen LogP contribution in [0.15, 0.2) is 16.3 Å². The lowest BCUT2D eigenvalue weighted by Gasteiger charge is -2.54. The molecule has 6 heteroatoms. The number of rotatable bonds is 3. The minimum absolute atomic E-state index is 0.0294. The van der Waals surface area contributed by atoms with Crippen LogP contribution in [0.5, 0.6) is 0 Å². The van der Waals surface area contributed by atoms with Crippen LogP contribution >= 0.6 is 0 Å². The quantitative estimate of drug-likeness (QED) is 0.486. The Bertz CT molecular complexity index is 609. The molecule has 24 heavy (non-hydrogen) atoms. The molecule has 134 valence electrons. The Kier molecular flexibility index (Phi) is 5.06. The number of esters is 2. The standard InChI is InChI=1S/C18H27NO5/c1-11-6-7-13-17(3,15(11)16(21)23-5)9-8-14(19-22)18(13,4)10-24-12(2)20/h13,22H,6-10H2,1-5H3/b19-14+/t13-,17+,18+/m1/s1. The maximum Gasteiger partial charge on any atom is 0.334 e. The zero-order valence-electron chi connectivity index (χ0n) is 15.1. The molecule has 2 aliphatic rings. The summed E-state index contributed by atoms with van der Waals surface area (Å²) in [6, 6.07) is 0. The molecule has 0 bridgehead atoms. The van der Waals surface area contributed by atoms with Crippen molar-refractivity contribution in [1.82, 2.24) is 0 Å². The topological polar surface area (TPSA) is 85.2 Å². The number of hydrogen-bond donors (Lipinski definition) is 1. The highest BCUT2D eigenvalue weighted by atomic mass is 16.5. The van der Waals surface area contributed by atoms with Gasteiger partial charge in [0, 0.05) is 23.3 Å². The number of hydrogen-bond acceptors (Lipinski definition) is 6. The Hall–Kier alpha value is -1.85. The SMILES string of the molecule is COC(=O)C1=C(C)CC[C@@H]2[C@]1(C)CC/C(=N\O)[C@@]2(C)COC(C)=O. The smallest absolute Gasteiger partial charge is 0.334 e. The summed E-state index contributed by atoms with van der Waals surface area (Å²) in [6.07, 6.45) is 2.88. The predicted octanol–water partition coefficient (Wildman–Crippen LogP) is 3.09. The van der Waals surface area contributed by atoms with E-state index in [4.69, 9.17) is 9.47 Å². The van der Waals surface area contributed by atoms with Crippen molar-refractivity contribution in [2.75, 3.05) is 13.7 Å². The molecule has 0 unspecified atom stereocenters. The van der Waals surface area contributed by atoms with Gasteiger partial charge in [0.15, 0.2) is 0 Å².